The number of carbonyl (C=O) groups is 5. The molecule has 1 aliphatic heterocycles. The summed E-state index contributed by atoms with van der Waals surface area (Å²) in [5.74, 6) is -2.68. The van der Waals surface area contributed by atoms with Crippen LogP contribution in [0.4, 0.5) is 0 Å². The third-order valence-electron chi connectivity index (χ3n) is 4.66. The van der Waals surface area contributed by atoms with Crippen LogP contribution in [0.3, 0.4) is 0 Å². The number of amides is 1. The van der Waals surface area contributed by atoms with Crippen LogP contribution in [0.25, 0.3) is 0 Å². The van der Waals surface area contributed by atoms with Crippen molar-refractivity contribution in [1.82, 2.24) is 5.32 Å². The number of nitrogens with one attached hydrogen (secondary N) is 1. The maximum Gasteiger partial charge on any atom is 0.303 e. The number of hydrogen-bond donors (Lipinski definition) is 1. The van der Waals surface area contributed by atoms with Gasteiger partial charge in [-0.25, -0.2) is 0 Å². The molecule has 33 heavy (non-hydrogen) atoms. The Labute approximate surface area is 190 Å². The van der Waals surface area contributed by atoms with E-state index in [1.807, 2.05) is 0 Å². The first kappa shape index (κ1) is 25.9. The number of carbonyl (C=O) groups excluding carboxylic acids is 5. The van der Waals surface area contributed by atoms with E-state index in [2.05, 4.69) is 5.32 Å². The van der Waals surface area contributed by atoms with Crippen LogP contribution in [0.15, 0.2) is 24.3 Å². The van der Waals surface area contributed by atoms with E-state index in [0.29, 0.717) is 6.29 Å². The van der Waals surface area contributed by atoms with Gasteiger partial charge in [0.2, 0.25) is 0 Å². The average molecular weight is 465 g/mol. The Hall–Kier alpha value is -3.31. The van der Waals surface area contributed by atoms with E-state index in [0.717, 1.165) is 13.8 Å². The summed E-state index contributed by atoms with van der Waals surface area (Å²) in [6.45, 7) is 5.02. The lowest BCUT2D eigenvalue weighted by molar-refractivity contribution is -0.275. The number of esters is 3. The molecule has 11 heteroatoms. The van der Waals surface area contributed by atoms with Crippen molar-refractivity contribution in [2.45, 2.75) is 58.3 Å². The predicted octanol–water partition coefficient (Wildman–Crippen LogP) is 0.785. The Morgan fingerprint density at radius 1 is 1.00 bits per heavy atom. The molecule has 5 atom stereocenters. The lowest BCUT2D eigenvalue weighted by Crippen LogP contribution is -2.66. The molecule has 0 spiro atoms. The molecule has 1 aromatic carbocycles. The summed E-state index contributed by atoms with van der Waals surface area (Å²) < 4.78 is 27.2. The smallest absolute Gasteiger partial charge is 0.303 e. The van der Waals surface area contributed by atoms with E-state index < -0.39 is 54.5 Å². The molecule has 1 aromatic rings. The molecule has 0 bridgehead atoms. The molecule has 1 heterocycles. The van der Waals surface area contributed by atoms with Crippen LogP contribution in [0, 0.1) is 0 Å². The van der Waals surface area contributed by atoms with Gasteiger partial charge in [0.1, 0.15) is 18.8 Å². The lowest BCUT2D eigenvalue weighted by atomic mass is 9.95. The zero-order valence-electron chi connectivity index (χ0n) is 18.8. The summed E-state index contributed by atoms with van der Waals surface area (Å²) in [6.07, 6.45) is -4.14. The normalized spacial score (nSPS) is 24.3. The molecule has 1 amide bonds. The molecule has 2 rings (SSSR count). The van der Waals surface area contributed by atoms with Gasteiger partial charge in [-0.2, -0.15) is 0 Å². The van der Waals surface area contributed by atoms with Crippen molar-refractivity contribution < 1.29 is 47.7 Å². The van der Waals surface area contributed by atoms with Gasteiger partial charge >= 0.3 is 17.9 Å². The van der Waals surface area contributed by atoms with Crippen LogP contribution >= 0.6 is 0 Å². The second-order valence-corrected chi connectivity index (χ2v) is 7.15. The summed E-state index contributed by atoms with van der Waals surface area (Å²) in [4.78, 5) is 59.3. The molecule has 0 aliphatic carbocycles. The summed E-state index contributed by atoms with van der Waals surface area (Å²) in [5, 5.41) is 2.66. The molecule has 0 saturated carbocycles. The van der Waals surface area contributed by atoms with Crippen LogP contribution in [0.1, 0.15) is 48.4 Å². The van der Waals surface area contributed by atoms with Crippen molar-refractivity contribution in [2.75, 3.05) is 13.2 Å². The number of benzene rings is 1. The van der Waals surface area contributed by atoms with Gasteiger partial charge in [-0.1, -0.05) is 18.2 Å². The van der Waals surface area contributed by atoms with Crippen LogP contribution in [0.5, 0.6) is 0 Å². The van der Waals surface area contributed by atoms with Crippen LogP contribution in [-0.2, 0) is 38.1 Å². The van der Waals surface area contributed by atoms with E-state index in [1.54, 1.807) is 19.1 Å². The van der Waals surface area contributed by atoms with E-state index in [9.17, 15) is 24.0 Å². The van der Waals surface area contributed by atoms with Crippen LogP contribution in [-0.4, -0.2) is 74.0 Å². The molecule has 0 unspecified atom stereocenters. The lowest BCUT2D eigenvalue weighted by Gasteiger charge is -2.45. The Balaban J connectivity index is 2.44. The molecule has 11 nitrogen and oxygen atoms in total. The van der Waals surface area contributed by atoms with E-state index >= 15 is 0 Å². The largest absolute Gasteiger partial charge is 0.463 e. The first-order valence-corrected chi connectivity index (χ1v) is 10.3. The van der Waals surface area contributed by atoms with Gasteiger partial charge in [0.05, 0.1) is 0 Å². The zero-order chi connectivity index (χ0) is 24.5. The number of aldehydes is 1. The first-order valence-electron chi connectivity index (χ1n) is 10.3. The fraction of sp³-hybridized carbons (Fsp3) is 0.500. The van der Waals surface area contributed by atoms with Crippen molar-refractivity contribution in [2.24, 2.45) is 0 Å². The van der Waals surface area contributed by atoms with Crippen LogP contribution < -0.4 is 5.32 Å². The number of rotatable bonds is 9. The highest BCUT2D eigenvalue weighted by atomic mass is 16.7. The third-order valence-corrected chi connectivity index (χ3v) is 4.66. The molecule has 1 aliphatic rings. The molecule has 1 N–H and O–H groups in total. The van der Waals surface area contributed by atoms with Crippen molar-refractivity contribution in [3.8, 4) is 0 Å². The highest BCUT2D eigenvalue weighted by Crippen LogP contribution is 2.28. The highest BCUT2D eigenvalue weighted by Gasteiger charge is 2.51. The van der Waals surface area contributed by atoms with Crippen molar-refractivity contribution in [3.63, 3.8) is 0 Å². The Bertz CT molecular complexity index is 886. The van der Waals surface area contributed by atoms with Crippen LogP contribution in [0.2, 0.25) is 0 Å². The third kappa shape index (κ3) is 7.09. The molecule has 1 saturated heterocycles. The second-order valence-electron chi connectivity index (χ2n) is 7.15. The maximum absolute atomic E-state index is 13.0. The van der Waals surface area contributed by atoms with E-state index in [1.165, 1.54) is 19.1 Å². The fourth-order valence-electron chi connectivity index (χ4n) is 3.40. The average Bonchev–Trinajstić information content (AvgIpc) is 2.75. The van der Waals surface area contributed by atoms with Gasteiger partial charge < -0.3 is 29.0 Å². The first-order chi connectivity index (χ1) is 15.7. The number of hydrogen-bond acceptors (Lipinski definition) is 10. The minimum Gasteiger partial charge on any atom is -0.463 e. The van der Waals surface area contributed by atoms with Gasteiger partial charge in [-0.15, -0.1) is 0 Å². The fourth-order valence-corrected chi connectivity index (χ4v) is 3.40. The van der Waals surface area contributed by atoms with Gasteiger partial charge in [0.15, 0.2) is 24.8 Å². The summed E-state index contributed by atoms with van der Waals surface area (Å²) in [5.41, 5.74) is 0.225. The molecule has 1 fully saturated rings. The Kier molecular flexibility index (Phi) is 9.49. The van der Waals surface area contributed by atoms with E-state index in [-0.39, 0.29) is 24.3 Å². The van der Waals surface area contributed by atoms with E-state index in [4.69, 9.17) is 23.7 Å². The molecule has 180 valence electrons. The number of ether oxygens (including phenoxy) is 5. The molecular weight excluding hydrogens is 438 g/mol. The van der Waals surface area contributed by atoms with Gasteiger partial charge in [0, 0.05) is 38.5 Å². The predicted molar refractivity (Wildman–Crippen MR) is 111 cm³/mol. The van der Waals surface area contributed by atoms with Gasteiger partial charge in [-0.05, 0) is 13.0 Å². The Morgan fingerprint density at radius 2 is 1.64 bits per heavy atom. The second kappa shape index (κ2) is 12.1. The topological polar surface area (TPSA) is 144 Å². The minimum absolute atomic E-state index is 0.0791. The quantitative estimate of drug-likeness (QED) is 0.316. The molecule has 0 radical (unpaired) electrons. The molecular formula is C22H27NO10. The summed E-state index contributed by atoms with van der Waals surface area (Å²) >= 11 is 0. The zero-order valence-corrected chi connectivity index (χ0v) is 18.8. The SMILES string of the molecule is CCO[C@@H]1O[C@H](COC(C)=O)[C@@H](OC(C)=O)[C@H](OC(C)=O)[C@H]1NC(=O)c1ccccc1C=O. The maximum atomic E-state index is 13.0. The van der Waals surface area contributed by atoms with Crippen molar-refractivity contribution >= 4 is 30.1 Å². The Morgan fingerprint density at radius 3 is 2.21 bits per heavy atom. The summed E-state index contributed by atoms with van der Waals surface area (Å²) in [6, 6.07) is 4.98. The van der Waals surface area contributed by atoms with Crippen molar-refractivity contribution in [1.29, 1.82) is 0 Å². The standard InChI is InChI=1S/C22H27NO10/c1-5-29-22-18(23-21(28)16-9-7-6-8-15(16)10-24)20(32-14(4)27)19(31-13(3)26)17(33-22)11-30-12(2)25/h6-10,17-20,22H,5,11H2,1-4H3,(H,23,28)/t17-,18-,19-,20-,22-/m1/s1. The van der Waals surface area contributed by atoms with Gasteiger partial charge in [-0.3, -0.25) is 24.0 Å². The highest BCUT2D eigenvalue weighted by molar-refractivity contribution is 6.01. The molecule has 0 aromatic heterocycles. The summed E-state index contributed by atoms with van der Waals surface area (Å²) in [7, 11) is 0. The minimum atomic E-state index is -1.25. The van der Waals surface area contributed by atoms with Gasteiger partial charge in [0.25, 0.3) is 5.91 Å². The van der Waals surface area contributed by atoms with Crippen molar-refractivity contribution in [3.05, 3.63) is 35.4 Å². The monoisotopic (exact) mass is 465 g/mol.